The van der Waals surface area contributed by atoms with Gasteiger partial charge in [0, 0.05) is 19.3 Å². The lowest BCUT2D eigenvalue weighted by atomic mass is 10.3. The molecule has 14 heavy (non-hydrogen) atoms. The first-order chi connectivity index (χ1) is 6.77. The second kappa shape index (κ2) is 5.78. The minimum Gasteiger partial charge on any atom is -0.334 e. The summed E-state index contributed by atoms with van der Waals surface area (Å²) in [5.41, 5.74) is 6.73. The van der Waals surface area contributed by atoms with Crippen LogP contribution in [0.1, 0.15) is 19.0 Å². The number of hydrogen-bond acceptors (Lipinski definition) is 3. The van der Waals surface area contributed by atoms with E-state index in [1.807, 2.05) is 12.5 Å². The molecule has 0 aromatic carbocycles. The van der Waals surface area contributed by atoms with E-state index in [0.717, 1.165) is 32.6 Å². The molecule has 0 saturated carbocycles. The van der Waals surface area contributed by atoms with Crippen molar-refractivity contribution in [1.82, 2.24) is 14.5 Å². The lowest BCUT2D eigenvalue weighted by molar-refractivity contribution is 0.315. The average molecular weight is 196 g/mol. The molecule has 4 heteroatoms. The minimum atomic E-state index is 0.761. The molecule has 0 radical (unpaired) electrons. The van der Waals surface area contributed by atoms with Crippen molar-refractivity contribution < 1.29 is 0 Å². The Morgan fingerprint density at radius 1 is 1.57 bits per heavy atom. The molecule has 1 aromatic rings. The van der Waals surface area contributed by atoms with Crippen molar-refractivity contribution in [1.29, 1.82) is 0 Å². The third-order valence-electron chi connectivity index (χ3n) is 2.32. The van der Waals surface area contributed by atoms with Gasteiger partial charge in [0.1, 0.15) is 0 Å². The van der Waals surface area contributed by atoms with Crippen molar-refractivity contribution in [2.24, 2.45) is 5.73 Å². The Bertz CT molecular complexity index is 256. The van der Waals surface area contributed by atoms with Gasteiger partial charge in [-0.2, -0.15) is 0 Å². The van der Waals surface area contributed by atoms with Crippen LogP contribution in [0.15, 0.2) is 12.5 Å². The van der Waals surface area contributed by atoms with E-state index in [2.05, 4.69) is 28.4 Å². The van der Waals surface area contributed by atoms with Crippen LogP contribution in [-0.4, -0.2) is 34.6 Å². The predicted octanol–water partition coefficient (Wildman–Crippen LogP) is 0.684. The van der Waals surface area contributed by atoms with E-state index in [1.54, 1.807) is 0 Å². The lowest BCUT2D eigenvalue weighted by Crippen LogP contribution is -2.22. The number of nitrogens with two attached hydrogens (primary N) is 1. The van der Waals surface area contributed by atoms with Crippen LogP contribution in [0.2, 0.25) is 0 Å². The summed E-state index contributed by atoms with van der Waals surface area (Å²) in [6.45, 7) is 5.88. The topological polar surface area (TPSA) is 47.1 Å². The second-order valence-corrected chi connectivity index (χ2v) is 3.55. The molecule has 4 nitrogen and oxygen atoms in total. The Kier molecular flexibility index (Phi) is 4.62. The molecule has 2 N–H and O–H groups in total. The van der Waals surface area contributed by atoms with E-state index < -0.39 is 0 Å². The van der Waals surface area contributed by atoms with Crippen LogP contribution >= 0.6 is 0 Å². The Hall–Kier alpha value is -0.870. The van der Waals surface area contributed by atoms with Gasteiger partial charge >= 0.3 is 0 Å². The molecule has 0 saturated heterocycles. The van der Waals surface area contributed by atoms with Gasteiger partial charge in [0.25, 0.3) is 0 Å². The third-order valence-corrected chi connectivity index (χ3v) is 2.32. The summed E-state index contributed by atoms with van der Waals surface area (Å²) in [5, 5.41) is 0. The maximum absolute atomic E-state index is 5.46. The third kappa shape index (κ3) is 3.12. The molecule has 0 atom stereocenters. The highest BCUT2D eigenvalue weighted by Gasteiger charge is 2.03. The van der Waals surface area contributed by atoms with Crippen LogP contribution in [0.3, 0.4) is 0 Å². The average Bonchev–Trinajstić information content (AvgIpc) is 2.62. The van der Waals surface area contributed by atoms with Crippen molar-refractivity contribution in [3.05, 3.63) is 18.2 Å². The van der Waals surface area contributed by atoms with Gasteiger partial charge < -0.3 is 15.2 Å². The van der Waals surface area contributed by atoms with Gasteiger partial charge in [0.15, 0.2) is 0 Å². The molecule has 0 fully saturated rings. The van der Waals surface area contributed by atoms with Gasteiger partial charge in [0.2, 0.25) is 0 Å². The van der Waals surface area contributed by atoms with Crippen molar-refractivity contribution in [3.63, 3.8) is 0 Å². The molecule has 0 spiro atoms. The van der Waals surface area contributed by atoms with Crippen LogP contribution < -0.4 is 5.73 Å². The normalized spacial score (nSPS) is 11.1. The largest absolute Gasteiger partial charge is 0.334 e. The van der Waals surface area contributed by atoms with Gasteiger partial charge in [-0.1, -0.05) is 0 Å². The number of aryl methyl sites for hydroxylation is 1. The van der Waals surface area contributed by atoms with Gasteiger partial charge in [-0.05, 0) is 33.5 Å². The highest BCUT2D eigenvalue weighted by molar-refractivity contribution is 4.97. The van der Waals surface area contributed by atoms with Gasteiger partial charge in [-0.15, -0.1) is 0 Å². The molecule has 0 unspecified atom stereocenters. The molecule has 0 amide bonds. The summed E-state index contributed by atoms with van der Waals surface area (Å²) in [5.74, 6) is 0. The molecular formula is C10H20N4. The van der Waals surface area contributed by atoms with Crippen LogP contribution in [0, 0.1) is 0 Å². The fraction of sp³-hybridized carbons (Fsp3) is 0.700. The summed E-state index contributed by atoms with van der Waals surface area (Å²) in [7, 11) is 2.11. The molecule has 1 aromatic heterocycles. The number of aromatic nitrogens is 2. The van der Waals surface area contributed by atoms with E-state index in [-0.39, 0.29) is 0 Å². The van der Waals surface area contributed by atoms with Crippen LogP contribution in [0.4, 0.5) is 0 Å². The maximum atomic E-state index is 5.46. The Labute approximate surface area is 85.7 Å². The number of hydrogen-bond donors (Lipinski definition) is 1. The minimum absolute atomic E-state index is 0.761. The van der Waals surface area contributed by atoms with Crippen molar-refractivity contribution in [3.8, 4) is 0 Å². The van der Waals surface area contributed by atoms with Crippen molar-refractivity contribution in [2.75, 3.05) is 20.1 Å². The molecule has 0 aliphatic carbocycles. The first-order valence-corrected chi connectivity index (χ1v) is 5.15. The summed E-state index contributed by atoms with van der Waals surface area (Å²) in [4.78, 5) is 6.41. The summed E-state index contributed by atoms with van der Waals surface area (Å²) in [6.07, 6.45) is 4.87. The molecule has 1 rings (SSSR count). The van der Waals surface area contributed by atoms with Gasteiger partial charge in [-0.25, -0.2) is 4.98 Å². The van der Waals surface area contributed by atoms with Gasteiger partial charge in [0.05, 0.1) is 12.0 Å². The smallest absolute Gasteiger partial charge is 0.0948 e. The van der Waals surface area contributed by atoms with E-state index in [4.69, 9.17) is 5.73 Å². The highest BCUT2D eigenvalue weighted by Crippen LogP contribution is 2.03. The quantitative estimate of drug-likeness (QED) is 0.728. The van der Waals surface area contributed by atoms with Crippen LogP contribution in [-0.2, 0) is 13.1 Å². The molecule has 0 bridgehead atoms. The van der Waals surface area contributed by atoms with E-state index >= 15 is 0 Å². The molecule has 0 aliphatic rings. The van der Waals surface area contributed by atoms with Crippen molar-refractivity contribution >= 4 is 0 Å². The fourth-order valence-electron chi connectivity index (χ4n) is 1.48. The summed E-state index contributed by atoms with van der Waals surface area (Å²) < 4.78 is 2.17. The first kappa shape index (κ1) is 11.2. The Morgan fingerprint density at radius 3 is 3.00 bits per heavy atom. The molecule has 80 valence electrons. The Morgan fingerprint density at radius 2 is 2.36 bits per heavy atom. The molecular weight excluding hydrogens is 176 g/mol. The van der Waals surface area contributed by atoms with Crippen LogP contribution in [0.25, 0.3) is 0 Å². The second-order valence-electron chi connectivity index (χ2n) is 3.55. The maximum Gasteiger partial charge on any atom is 0.0948 e. The summed E-state index contributed by atoms with van der Waals surface area (Å²) in [6, 6.07) is 0. The zero-order valence-corrected chi connectivity index (χ0v) is 9.11. The van der Waals surface area contributed by atoms with E-state index in [9.17, 15) is 0 Å². The summed E-state index contributed by atoms with van der Waals surface area (Å²) >= 11 is 0. The molecule has 1 heterocycles. The highest BCUT2D eigenvalue weighted by atomic mass is 15.1. The SMILES string of the molecule is CCn1cncc1CN(C)CCCN. The van der Waals surface area contributed by atoms with E-state index in [0.29, 0.717) is 0 Å². The lowest BCUT2D eigenvalue weighted by Gasteiger charge is -2.16. The predicted molar refractivity (Wildman–Crippen MR) is 57.9 cm³/mol. The number of imidazole rings is 1. The van der Waals surface area contributed by atoms with Gasteiger partial charge in [-0.3, -0.25) is 0 Å². The zero-order chi connectivity index (χ0) is 10.4. The monoisotopic (exact) mass is 196 g/mol. The van der Waals surface area contributed by atoms with Crippen molar-refractivity contribution in [2.45, 2.75) is 26.4 Å². The number of rotatable bonds is 6. The number of nitrogens with zero attached hydrogens (tertiary/aromatic N) is 3. The fourth-order valence-corrected chi connectivity index (χ4v) is 1.48. The first-order valence-electron chi connectivity index (χ1n) is 5.15. The Balaban J connectivity index is 2.42. The molecule has 0 aliphatic heterocycles. The van der Waals surface area contributed by atoms with E-state index in [1.165, 1.54) is 5.69 Å². The van der Waals surface area contributed by atoms with Crippen LogP contribution in [0.5, 0.6) is 0 Å². The standard InChI is InChI=1S/C10H20N4/c1-3-14-9-12-7-10(14)8-13(2)6-4-5-11/h7,9H,3-6,8,11H2,1-2H3. The zero-order valence-electron chi connectivity index (χ0n) is 9.11.